The van der Waals surface area contributed by atoms with Crippen molar-refractivity contribution in [2.75, 3.05) is 38.8 Å². The van der Waals surface area contributed by atoms with Gasteiger partial charge in [0.2, 0.25) is 0 Å². The zero-order chi connectivity index (χ0) is 21.6. The highest BCUT2D eigenvalue weighted by molar-refractivity contribution is 7.86. The number of ether oxygens (including phenoxy) is 3. The highest BCUT2D eigenvalue weighted by atomic mass is 32.2. The molecule has 0 aromatic rings. The molecule has 0 saturated heterocycles. The van der Waals surface area contributed by atoms with E-state index in [1.54, 1.807) is 6.08 Å². The third-order valence-corrected chi connectivity index (χ3v) is 5.27. The van der Waals surface area contributed by atoms with Crippen LogP contribution in [0.4, 0.5) is 0 Å². The molecule has 0 heterocycles. The van der Waals surface area contributed by atoms with Crippen molar-refractivity contribution in [2.24, 2.45) is 5.90 Å². The molecule has 0 aliphatic rings. The van der Waals surface area contributed by atoms with Crippen LogP contribution in [0.2, 0.25) is 0 Å². The lowest BCUT2D eigenvalue weighted by Gasteiger charge is -2.18. The van der Waals surface area contributed by atoms with Crippen LogP contribution in [0, 0.1) is 0 Å². The Morgan fingerprint density at radius 2 is 1.48 bits per heavy atom. The molecule has 0 radical (unpaired) electrons. The Morgan fingerprint density at radius 3 is 2.07 bits per heavy atom. The topological polar surface area (TPSA) is 106 Å². The van der Waals surface area contributed by atoms with E-state index >= 15 is 0 Å². The van der Waals surface area contributed by atoms with Gasteiger partial charge in [-0.2, -0.15) is 14.3 Å². The fraction of sp³-hybridized carbons (Fsp3) is 0.900. The summed E-state index contributed by atoms with van der Waals surface area (Å²) in [4.78, 5) is 3.69. The number of unbranched alkanes of at least 4 members (excludes halogenated alkanes) is 9. The average molecular weight is 440 g/mol. The second-order valence-electron chi connectivity index (χ2n) is 7.00. The Kier molecular flexibility index (Phi) is 20.3. The molecular formula is C20H41NO7S. The van der Waals surface area contributed by atoms with Crippen LogP contribution in [0.3, 0.4) is 0 Å². The van der Waals surface area contributed by atoms with Crippen LogP contribution in [0.25, 0.3) is 0 Å². The monoisotopic (exact) mass is 439 g/mol. The van der Waals surface area contributed by atoms with Crippen LogP contribution in [0.15, 0.2) is 12.7 Å². The van der Waals surface area contributed by atoms with Crippen molar-refractivity contribution in [1.82, 2.24) is 0 Å². The maximum absolute atomic E-state index is 11.4. The van der Waals surface area contributed by atoms with Gasteiger partial charge in [0.25, 0.3) is 10.1 Å². The van der Waals surface area contributed by atoms with E-state index in [-0.39, 0.29) is 18.5 Å². The molecule has 0 aromatic heterocycles. The van der Waals surface area contributed by atoms with Crippen molar-refractivity contribution in [3.05, 3.63) is 12.7 Å². The predicted molar refractivity (Wildman–Crippen MR) is 114 cm³/mol. The zero-order valence-corrected chi connectivity index (χ0v) is 18.8. The molecule has 0 saturated carbocycles. The Morgan fingerprint density at radius 1 is 0.897 bits per heavy atom. The molecule has 0 amide bonds. The predicted octanol–water partition coefficient (Wildman–Crippen LogP) is 3.66. The van der Waals surface area contributed by atoms with Crippen LogP contribution < -0.4 is 5.90 Å². The van der Waals surface area contributed by atoms with E-state index in [0.717, 1.165) is 12.8 Å². The Labute approximate surface area is 177 Å². The first-order valence-corrected chi connectivity index (χ1v) is 12.3. The van der Waals surface area contributed by atoms with Crippen LogP contribution in [0.1, 0.15) is 71.1 Å². The van der Waals surface area contributed by atoms with Crippen LogP contribution >= 0.6 is 0 Å². The molecule has 174 valence electrons. The summed E-state index contributed by atoms with van der Waals surface area (Å²) in [5.74, 6) is 4.22. The molecule has 0 spiro atoms. The third-order valence-electron chi connectivity index (χ3n) is 4.32. The van der Waals surface area contributed by atoms with Crippen molar-refractivity contribution in [3.63, 3.8) is 0 Å². The minimum absolute atomic E-state index is 0.0740. The molecule has 8 nitrogen and oxygen atoms in total. The van der Waals surface area contributed by atoms with E-state index in [1.807, 2.05) is 0 Å². The van der Waals surface area contributed by atoms with E-state index in [0.29, 0.717) is 26.4 Å². The molecule has 0 rings (SSSR count). The number of nitrogens with two attached hydrogens (primary N) is 1. The maximum Gasteiger partial charge on any atom is 0.297 e. The minimum Gasteiger partial charge on any atom is -0.379 e. The van der Waals surface area contributed by atoms with Gasteiger partial charge in [-0.3, -0.25) is 0 Å². The summed E-state index contributed by atoms with van der Waals surface area (Å²) in [7, 11) is -3.87. The van der Waals surface area contributed by atoms with Crippen LogP contribution in [0.5, 0.6) is 0 Å². The first kappa shape index (κ1) is 28.5. The number of rotatable bonds is 23. The van der Waals surface area contributed by atoms with Crippen molar-refractivity contribution in [3.8, 4) is 0 Å². The summed E-state index contributed by atoms with van der Waals surface area (Å²) in [6.45, 7) is 7.42. The van der Waals surface area contributed by atoms with Crippen LogP contribution in [-0.2, 0) is 33.7 Å². The molecule has 0 aliphatic heterocycles. The molecule has 9 heteroatoms. The van der Waals surface area contributed by atoms with Gasteiger partial charge in [-0.1, -0.05) is 75.1 Å². The normalized spacial score (nSPS) is 12.9. The van der Waals surface area contributed by atoms with Gasteiger partial charge in [0.1, 0.15) is 11.9 Å². The quantitative estimate of drug-likeness (QED) is 0.111. The summed E-state index contributed by atoms with van der Waals surface area (Å²) < 4.78 is 43.3. The maximum atomic E-state index is 11.4. The van der Waals surface area contributed by atoms with Crippen LogP contribution in [-0.4, -0.2) is 53.3 Å². The van der Waals surface area contributed by atoms with Crippen molar-refractivity contribution in [2.45, 2.75) is 77.2 Å². The molecule has 2 N–H and O–H groups in total. The van der Waals surface area contributed by atoms with E-state index in [2.05, 4.69) is 28.7 Å². The SMILES string of the molecule is C=CCOCC(COCCCCCCCCCCCC)OCCS(=O)(=O)OON. The molecule has 0 bridgehead atoms. The van der Waals surface area contributed by atoms with Gasteiger partial charge in [-0.05, 0) is 6.42 Å². The second kappa shape index (κ2) is 20.7. The zero-order valence-electron chi connectivity index (χ0n) is 18.0. The van der Waals surface area contributed by atoms with Crippen molar-refractivity contribution < 1.29 is 32.0 Å². The fourth-order valence-electron chi connectivity index (χ4n) is 2.74. The fourth-order valence-corrected chi connectivity index (χ4v) is 3.23. The first-order valence-electron chi connectivity index (χ1n) is 10.7. The molecular weight excluding hydrogens is 398 g/mol. The van der Waals surface area contributed by atoms with Gasteiger partial charge in [-0.15, -0.1) is 11.6 Å². The average Bonchev–Trinajstić information content (AvgIpc) is 2.68. The molecule has 1 unspecified atom stereocenters. The smallest absolute Gasteiger partial charge is 0.297 e. The third kappa shape index (κ3) is 20.5. The second-order valence-corrected chi connectivity index (χ2v) is 8.66. The Hall–Kier alpha value is -0.550. The molecule has 0 fully saturated rings. The summed E-state index contributed by atoms with van der Waals surface area (Å²) in [5, 5.41) is 0. The van der Waals surface area contributed by atoms with Gasteiger partial charge in [0, 0.05) is 6.61 Å². The standard InChI is InChI=1S/C20H41NO7S/c1-3-5-6-7-8-9-10-11-12-13-15-25-19-20(18-24-14-4-2)26-16-17-29(22,23)28-27-21/h4,20H,2-3,5-19,21H2,1H3. The highest BCUT2D eigenvalue weighted by Gasteiger charge is 2.15. The van der Waals surface area contributed by atoms with Gasteiger partial charge in [0.15, 0.2) is 0 Å². The Bertz CT molecular complexity index is 460. The summed E-state index contributed by atoms with van der Waals surface area (Å²) in [5.41, 5.74) is 0. The molecule has 1 atom stereocenters. The van der Waals surface area contributed by atoms with Gasteiger partial charge >= 0.3 is 0 Å². The summed E-state index contributed by atoms with van der Waals surface area (Å²) in [6, 6.07) is 0. The lowest BCUT2D eigenvalue weighted by atomic mass is 10.1. The molecule has 29 heavy (non-hydrogen) atoms. The van der Waals surface area contributed by atoms with E-state index < -0.39 is 10.1 Å². The van der Waals surface area contributed by atoms with E-state index in [1.165, 1.54) is 51.4 Å². The minimum atomic E-state index is -3.87. The Balaban J connectivity index is 3.79. The largest absolute Gasteiger partial charge is 0.379 e. The number of hydrogen-bond donors (Lipinski definition) is 1. The molecule has 0 aliphatic carbocycles. The molecule has 0 aromatic carbocycles. The van der Waals surface area contributed by atoms with Crippen molar-refractivity contribution in [1.29, 1.82) is 0 Å². The van der Waals surface area contributed by atoms with E-state index in [9.17, 15) is 8.42 Å². The lowest BCUT2D eigenvalue weighted by molar-refractivity contribution is -0.206. The van der Waals surface area contributed by atoms with Gasteiger partial charge in [-0.25, -0.2) is 0 Å². The highest BCUT2D eigenvalue weighted by Crippen LogP contribution is 2.10. The number of hydrogen-bond acceptors (Lipinski definition) is 8. The first-order chi connectivity index (χ1) is 14.1. The summed E-state index contributed by atoms with van der Waals surface area (Å²) in [6.07, 6.45) is 14.0. The summed E-state index contributed by atoms with van der Waals surface area (Å²) >= 11 is 0. The van der Waals surface area contributed by atoms with E-state index in [4.69, 9.17) is 14.2 Å². The van der Waals surface area contributed by atoms with Gasteiger partial charge < -0.3 is 14.2 Å². The lowest BCUT2D eigenvalue weighted by Crippen LogP contribution is -2.29. The van der Waals surface area contributed by atoms with Gasteiger partial charge in [0.05, 0.1) is 26.4 Å². The van der Waals surface area contributed by atoms with Crippen molar-refractivity contribution >= 4 is 10.1 Å².